The van der Waals surface area contributed by atoms with E-state index in [9.17, 15) is 0 Å². The lowest BCUT2D eigenvalue weighted by molar-refractivity contribution is 0.254. The van der Waals surface area contributed by atoms with Gasteiger partial charge in [0.1, 0.15) is 11.5 Å². The van der Waals surface area contributed by atoms with E-state index in [1.807, 2.05) is 11.3 Å². The van der Waals surface area contributed by atoms with Crippen molar-refractivity contribution in [3.05, 3.63) is 163 Å². The minimum atomic E-state index is 0.804. The molecule has 2 fully saturated rings. The average molecular weight is 734 g/mol. The highest BCUT2D eigenvalue weighted by atomic mass is 32.1. The van der Waals surface area contributed by atoms with E-state index in [4.69, 9.17) is 4.74 Å². The van der Waals surface area contributed by atoms with Crippen molar-refractivity contribution < 1.29 is 4.74 Å². The fourth-order valence-electron chi connectivity index (χ4n) is 10.0. The van der Waals surface area contributed by atoms with Crippen LogP contribution in [0.15, 0.2) is 152 Å². The third kappa shape index (κ3) is 6.59. The molecule has 0 spiro atoms. The summed E-state index contributed by atoms with van der Waals surface area (Å²) in [5, 5.41) is 5.14. The molecule has 272 valence electrons. The predicted octanol–water partition coefficient (Wildman–Crippen LogP) is 15.5. The van der Waals surface area contributed by atoms with Crippen LogP contribution in [-0.2, 0) is 6.42 Å². The molecule has 1 heterocycles. The van der Waals surface area contributed by atoms with Gasteiger partial charge in [-0.1, -0.05) is 104 Å². The second kappa shape index (κ2) is 14.4. The van der Waals surface area contributed by atoms with Crippen LogP contribution in [-0.4, -0.2) is 0 Å². The Bertz CT molecular complexity index is 2650. The van der Waals surface area contributed by atoms with Crippen LogP contribution in [0.4, 0.5) is 17.1 Å². The van der Waals surface area contributed by atoms with E-state index < -0.39 is 0 Å². The van der Waals surface area contributed by atoms with Crippen molar-refractivity contribution in [2.45, 2.75) is 52.4 Å². The SMILES string of the molecule is Cc1ccccc1Oc1ccc(N(c2ccc(-c3ccc4c(c3)sc3ccccc34)cc2)c2cccc3ccccc23)cc1CCC1C[C@@H]2C[C@H](C)C[C@H]1C2. The third-order valence-electron chi connectivity index (χ3n) is 12.6. The van der Waals surface area contributed by atoms with E-state index in [0.717, 1.165) is 58.5 Å². The molecule has 0 aliphatic heterocycles. The summed E-state index contributed by atoms with van der Waals surface area (Å²) < 4.78 is 9.44. The molecule has 2 aliphatic rings. The van der Waals surface area contributed by atoms with Crippen molar-refractivity contribution in [2.75, 3.05) is 4.90 Å². The van der Waals surface area contributed by atoms with Gasteiger partial charge in [0.05, 0.1) is 5.69 Å². The van der Waals surface area contributed by atoms with Crippen LogP contribution in [0.25, 0.3) is 42.1 Å². The van der Waals surface area contributed by atoms with E-state index in [2.05, 4.69) is 170 Å². The Labute approximate surface area is 329 Å². The zero-order chi connectivity index (χ0) is 36.9. The smallest absolute Gasteiger partial charge is 0.130 e. The van der Waals surface area contributed by atoms with Crippen molar-refractivity contribution in [3.8, 4) is 22.6 Å². The van der Waals surface area contributed by atoms with Gasteiger partial charge in [-0.25, -0.2) is 0 Å². The molecule has 1 unspecified atom stereocenters. The number of hydrogen-bond acceptors (Lipinski definition) is 3. The zero-order valence-electron chi connectivity index (χ0n) is 31.7. The molecule has 4 atom stereocenters. The first-order chi connectivity index (χ1) is 27.0. The largest absolute Gasteiger partial charge is 0.457 e. The Hall–Kier alpha value is -5.38. The monoisotopic (exact) mass is 733 g/mol. The van der Waals surface area contributed by atoms with Gasteiger partial charge in [0.15, 0.2) is 0 Å². The first kappa shape index (κ1) is 34.1. The van der Waals surface area contributed by atoms with Gasteiger partial charge in [-0.2, -0.15) is 0 Å². The van der Waals surface area contributed by atoms with Gasteiger partial charge >= 0.3 is 0 Å². The zero-order valence-corrected chi connectivity index (χ0v) is 32.6. The molecule has 2 saturated carbocycles. The summed E-state index contributed by atoms with van der Waals surface area (Å²) >= 11 is 1.88. The van der Waals surface area contributed by atoms with Gasteiger partial charge in [-0.15, -0.1) is 11.3 Å². The van der Waals surface area contributed by atoms with Crippen LogP contribution in [0.2, 0.25) is 0 Å². The number of hydrogen-bond donors (Lipinski definition) is 0. The van der Waals surface area contributed by atoms with Gasteiger partial charge in [0, 0.05) is 36.9 Å². The van der Waals surface area contributed by atoms with Gasteiger partial charge in [-0.05, 0) is 151 Å². The summed E-state index contributed by atoms with van der Waals surface area (Å²) in [5.41, 5.74) is 8.37. The first-order valence-electron chi connectivity index (χ1n) is 20.2. The fraction of sp³-hybridized carbons (Fsp3) is 0.231. The molecule has 8 aromatic rings. The van der Waals surface area contributed by atoms with Crippen LogP contribution < -0.4 is 9.64 Å². The maximum Gasteiger partial charge on any atom is 0.130 e. The molecule has 0 N–H and O–H groups in total. The number of anilines is 3. The lowest BCUT2D eigenvalue weighted by Gasteiger charge is -2.28. The maximum atomic E-state index is 6.77. The second-order valence-electron chi connectivity index (χ2n) is 16.3. The molecule has 1 aromatic heterocycles. The normalized spacial score (nSPS) is 19.3. The number of aryl methyl sites for hydroxylation is 2. The maximum absolute atomic E-state index is 6.77. The molecule has 10 rings (SSSR count). The van der Waals surface area contributed by atoms with E-state index in [1.165, 1.54) is 85.4 Å². The summed E-state index contributed by atoms with van der Waals surface area (Å²) in [6.07, 6.45) is 7.88. The molecule has 2 aliphatic carbocycles. The van der Waals surface area contributed by atoms with Crippen molar-refractivity contribution in [3.63, 3.8) is 0 Å². The summed E-state index contributed by atoms with van der Waals surface area (Å²) in [5.74, 6) is 5.37. The van der Waals surface area contributed by atoms with Crippen molar-refractivity contribution in [1.82, 2.24) is 0 Å². The fourth-order valence-corrected chi connectivity index (χ4v) is 11.2. The van der Waals surface area contributed by atoms with Crippen molar-refractivity contribution in [1.29, 1.82) is 0 Å². The topological polar surface area (TPSA) is 12.5 Å². The lowest BCUT2D eigenvalue weighted by atomic mass is 9.80. The van der Waals surface area contributed by atoms with Crippen LogP contribution in [0, 0.1) is 30.6 Å². The third-order valence-corrected chi connectivity index (χ3v) is 13.8. The van der Waals surface area contributed by atoms with Gasteiger partial charge in [0.25, 0.3) is 0 Å². The van der Waals surface area contributed by atoms with E-state index >= 15 is 0 Å². The van der Waals surface area contributed by atoms with Gasteiger partial charge in [0.2, 0.25) is 0 Å². The Balaban J connectivity index is 1.05. The number of fused-ring (bicyclic) bond motifs is 6. The quantitative estimate of drug-likeness (QED) is 0.146. The Morgan fingerprint density at radius 3 is 2.24 bits per heavy atom. The molecule has 7 aromatic carbocycles. The van der Waals surface area contributed by atoms with Crippen molar-refractivity contribution in [2.24, 2.45) is 23.7 Å². The molecule has 0 saturated heterocycles. The Morgan fingerprint density at radius 2 is 1.35 bits per heavy atom. The molecule has 2 bridgehead atoms. The minimum Gasteiger partial charge on any atom is -0.457 e. The first-order valence-corrected chi connectivity index (χ1v) is 21.0. The molecule has 3 heteroatoms. The number of nitrogens with zero attached hydrogens (tertiary/aromatic N) is 1. The molecule has 0 amide bonds. The molecular formula is C52H47NOS. The standard InChI is InChI=1S/C52H47NOS/c1-34-28-36-30-39(42(29-34)31-36)18-19-41-32-44(25-27-50(41)54-49-16-7-3-10-35(49)2)53(48-15-9-12-38-11-4-5-13-45(38)48)43-23-20-37(21-24-43)40-22-26-47-46-14-6-8-17-51(46)55-52(47)33-40/h3-17,20-27,32-34,36,39,42H,18-19,28-31H2,1-2H3/t34-,36-,39?,42-/m0/s1. The lowest BCUT2D eigenvalue weighted by Crippen LogP contribution is -2.16. The summed E-state index contributed by atoms with van der Waals surface area (Å²) in [6, 6.07) is 55.5. The van der Waals surface area contributed by atoms with E-state index in [-0.39, 0.29) is 0 Å². The minimum absolute atomic E-state index is 0.804. The number of benzene rings is 7. The van der Waals surface area contributed by atoms with Gasteiger partial charge < -0.3 is 9.64 Å². The average Bonchev–Trinajstić information content (AvgIpc) is 3.73. The number of para-hydroxylation sites is 1. The highest BCUT2D eigenvalue weighted by molar-refractivity contribution is 7.25. The molecule has 0 radical (unpaired) electrons. The summed E-state index contributed by atoms with van der Waals surface area (Å²) in [6.45, 7) is 4.60. The molecule has 55 heavy (non-hydrogen) atoms. The summed E-state index contributed by atoms with van der Waals surface area (Å²) in [4.78, 5) is 2.45. The number of ether oxygens (including phenoxy) is 1. The summed E-state index contributed by atoms with van der Waals surface area (Å²) in [7, 11) is 0. The Morgan fingerprint density at radius 1 is 0.600 bits per heavy atom. The van der Waals surface area contributed by atoms with Crippen LogP contribution in [0.1, 0.15) is 50.2 Å². The van der Waals surface area contributed by atoms with Crippen LogP contribution in [0.5, 0.6) is 11.5 Å². The van der Waals surface area contributed by atoms with Gasteiger partial charge in [-0.3, -0.25) is 0 Å². The highest BCUT2D eigenvalue weighted by Gasteiger charge is 2.39. The number of thiophene rings is 1. The predicted molar refractivity (Wildman–Crippen MR) is 235 cm³/mol. The molecular weight excluding hydrogens is 687 g/mol. The number of rotatable bonds is 9. The Kier molecular flexibility index (Phi) is 8.91. The van der Waals surface area contributed by atoms with Crippen LogP contribution >= 0.6 is 11.3 Å². The van der Waals surface area contributed by atoms with Crippen LogP contribution in [0.3, 0.4) is 0 Å². The van der Waals surface area contributed by atoms with Crippen molar-refractivity contribution >= 4 is 59.3 Å². The second-order valence-corrected chi connectivity index (χ2v) is 17.4. The highest BCUT2D eigenvalue weighted by Crippen LogP contribution is 2.50. The van der Waals surface area contributed by atoms with E-state index in [0.29, 0.717) is 0 Å². The molecule has 2 nitrogen and oxygen atoms in total. The van der Waals surface area contributed by atoms with E-state index in [1.54, 1.807) is 0 Å².